The maximum absolute atomic E-state index is 13.2. The van der Waals surface area contributed by atoms with Gasteiger partial charge in [0, 0.05) is 24.1 Å². The zero-order chi connectivity index (χ0) is 17.2. The zero-order valence-corrected chi connectivity index (χ0v) is 14.0. The first-order valence-electron chi connectivity index (χ1n) is 8.73. The number of rotatable bonds is 3. The molecule has 0 bridgehead atoms. The molecule has 5 heteroatoms. The Kier molecular flexibility index (Phi) is 2.94. The number of carbonyl (C=O) groups is 2. The minimum atomic E-state index is -0.729. The summed E-state index contributed by atoms with van der Waals surface area (Å²) in [5.74, 6) is 1.48. The number of amides is 2. The van der Waals surface area contributed by atoms with Crippen molar-refractivity contribution in [3.63, 3.8) is 0 Å². The molecule has 4 aliphatic rings. The maximum Gasteiger partial charge on any atom is 0.257 e. The van der Waals surface area contributed by atoms with Crippen LogP contribution in [-0.4, -0.2) is 36.5 Å². The Morgan fingerprint density at radius 2 is 2.16 bits per heavy atom. The molecule has 128 valence electrons. The lowest BCUT2D eigenvalue weighted by molar-refractivity contribution is -0.147. The zero-order valence-electron chi connectivity index (χ0n) is 14.0. The van der Waals surface area contributed by atoms with Gasteiger partial charge in [-0.25, -0.2) is 0 Å². The van der Waals surface area contributed by atoms with Gasteiger partial charge in [0.25, 0.3) is 5.91 Å². The number of methoxy groups -OCH3 is 1. The number of imide groups is 1. The average Bonchev–Trinajstić information content (AvgIpc) is 3.38. The molecule has 1 saturated heterocycles. The van der Waals surface area contributed by atoms with E-state index in [1.807, 2.05) is 36.4 Å². The van der Waals surface area contributed by atoms with Crippen molar-refractivity contribution in [2.45, 2.75) is 30.8 Å². The largest absolute Gasteiger partial charge is 0.493 e. The van der Waals surface area contributed by atoms with E-state index in [1.54, 1.807) is 7.11 Å². The average molecular weight is 337 g/mol. The number of allylic oxidation sites excluding steroid dienone is 2. The first kappa shape index (κ1) is 14.8. The number of ether oxygens (including phenoxy) is 2. The lowest BCUT2D eigenvalue weighted by Crippen LogP contribution is -2.56. The maximum atomic E-state index is 13.2. The Bertz CT molecular complexity index is 851. The number of hydrogen-bond acceptors (Lipinski definition) is 4. The molecule has 2 aliphatic heterocycles. The number of para-hydroxylation sites is 1. The van der Waals surface area contributed by atoms with Crippen molar-refractivity contribution in [3.05, 3.63) is 47.6 Å². The van der Waals surface area contributed by atoms with Crippen LogP contribution in [0.4, 0.5) is 0 Å². The van der Waals surface area contributed by atoms with E-state index in [4.69, 9.17) is 9.47 Å². The number of nitrogens with zero attached hydrogens (tertiary/aromatic N) is 1. The molecule has 1 saturated carbocycles. The predicted molar refractivity (Wildman–Crippen MR) is 90.4 cm³/mol. The highest BCUT2D eigenvalue weighted by Crippen LogP contribution is 2.56. The van der Waals surface area contributed by atoms with Gasteiger partial charge in [-0.15, -0.1) is 0 Å². The highest BCUT2D eigenvalue weighted by Gasteiger charge is 2.59. The minimum absolute atomic E-state index is 0.103. The van der Waals surface area contributed by atoms with Crippen molar-refractivity contribution in [3.8, 4) is 11.5 Å². The Morgan fingerprint density at radius 3 is 2.92 bits per heavy atom. The number of likely N-dealkylation sites (tertiary alicyclic amines) is 1. The first-order valence-corrected chi connectivity index (χ1v) is 8.73. The van der Waals surface area contributed by atoms with Crippen molar-refractivity contribution in [2.75, 3.05) is 13.7 Å². The summed E-state index contributed by atoms with van der Waals surface area (Å²) in [4.78, 5) is 27.5. The number of carbonyl (C=O) groups excluding carboxylic acids is 2. The van der Waals surface area contributed by atoms with Crippen molar-refractivity contribution < 1.29 is 19.1 Å². The molecular formula is C20H19NO4. The second kappa shape index (κ2) is 4.97. The second-order valence-corrected chi connectivity index (χ2v) is 7.24. The highest BCUT2D eigenvalue weighted by atomic mass is 16.5. The number of hydrogen-bond donors (Lipinski definition) is 0. The summed E-state index contributed by atoms with van der Waals surface area (Å²) in [5, 5.41) is 0. The van der Waals surface area contributed by atoms with Crippen LogP contribution >= 0.6 is 0 Å². The van der Waals surface area contributed by atoms with Crippen LogP contribution in [0.25, 0.3) is 0 Å². The molecule has 0 aromatic heterocycles. The molecule has 0 N–H and O–H groups in total. The number of fused-ring (bicyclic) bond motifs is 1. The Morgan fingerprint density at radius 1 is 1.32 bits per heavy atom. The van der Waals surface area contributed by atoms with E-state index in [0.29, 0.717) is 29.5 Å². The predicted octanol–water partition coefficient (Wildman–Crippen LogP) is 2.36. The van der Waals surface area contributed by atoms with Crippen molar-refractivity contribution in [1.82, 2.24) is 4.90 Å². The van der Waals surface area contributed by atoms with E-state index < -0.39 is 5.41 Å². The van der Waals surface area contributed by atoms with Gasteiger partial charge in [0.05, 0.1) is 12.5 Å². The monoisotopic (exact) mass is 337 g/mol. The molecule has 2 aliphatic carbocycles. The van der Waals surface area contributed by atoms with Crippen LogP contribution in [0.1, 0.15) is 24.8 Å². The molecule has 5 rings (SSSR count). The lowest BCUT2D eigenvalue weighted by Gasteiger charge is -2.42. The molecule has 1 aromatic carbocycles. The number of benzene rings is 1. The number of piperidine rings is 1. The van der Waals surface area contributed by atoms with Crippen LogP contribution < -0.4 is 9.47 Å². The summed E-state index contributed by atoms with van der Waals surface area (Å²) in [7, 11) is 1.60. The SMILES string of the molecule is COc1cccc2c1OC1C=CC=C3C(=O)N(CC4CC4)C(=O)CC321. The third kappa shape index (κ3) is 1.89. The van der Waals surface area contributed by atoms with Gasteiger partial charge < -0.3 is 9.47 Å². The fourth-order valence-corrected chi connectivity index (χ4v) is 4.32. The van der Waals surface area contributed by atoms with Gasteiger partial charge >= 0.3 is 0 Å². The Hall–Kier alpha value is -2.56. The third-order valence-electron chi connectivity index (χ3n) is 5.78. The Balaban J connectivity index is 1.64. The lowest BCUT2D eigenvalue weighted by atomic mass is 9.64. The van der Waals surface area contributed by atoms with Crippen LogP contribution in [-0.2, 0) is 15.0 Å². The summed E-state index contributed by atoms with van der Waals surface area (Å²) >= 11 is 0. The second-order valence-electron chi connectivity index (χ2n) is 7.24. The first-order chi connectivity index (χ1) is 12.1. The fourth-order valence-electron chi connectivity index (χ4n) is 4.32. The van der Waals surface area contributed by atoms with Gasteiger partial charge in [-0.05, 0) is 30.9 Å². The summed E-state index contributed by atoms with van der Waals surface area (Å²) in [6.07, 6.45) is 7.75. The molecule has 25 heavy (non-hydrogen) atoms. The van der Waals surface area contributed by atoms with Crippen LogP contribution in [0.3, 0.4) is 0 Å². The molecule has 1 spiro atoms. The van der Waals surface area contributed by atoms with Crippen LogP contribution in [0.15, 0.2) is 42.0 Å². The van der Waals surface area contributed by atoms with E-state index in [2.05, 4.69) is 0 Å². The van der Waals surface area contributed by atoms with Crippen LogP contribution in [0.5, 0.6) is 11.5 Å². The molecule has 2 atom stereocenters. The topological polar surface area (TPSA) is 55.8 Å². The molecule has 2 unspecified atom stereocenters. The summed E-state index contributed by atoms with van der Waals surface area (Å²) < 4.78 is 11.6. The van der Waals surface area contributed by atoms with E-state index in [1.165, 1.54) is 4.90 Å². The minimum Gasteiger partial charge on any atom is -0.493 e. The van der Waals surface area contributed by atoms with Crippen LogP contribution in [0, 0.1) is 5.92 Å². The van der Waals surface area contributed by atoms with Gasteiger partial charge in [0.15, 0.2) is 11.5 Å². The Labute approximate surface area is 145 Å². The quantitative estimate of drug-likeness (QED) is 0.795. The normalized spacial score (nSPS) is 29.6. The molecule has 2 amide bonds. The van der Waals surface area contributed by atoms with Gasteiger partial charge in [0.1, 0.15) is 6.10 Å². The smallest absolute Gasteiger partial charge is 0.257 e. The molecular weight excluding hydrogens is 318 g/mol. The molecule has 5 nitrogen and oxygen atoms in total. The fraction of sp³-hybridized carbons (Fsp3) is 0.400. The van der Waals surface area contributed by atoms with Crippen molar-refractivity contribution >= 4 is 11.8 Å². The van der Waals surface area contributed by atoms with Crippen LogP contribution in [0.2, 0.25) is 0 Å². The summed E-state index contributed by atoms with van der Waals surface area (Å²) in [5.41, 5.74) is 0.805. The van der Waals surface area contributed by atoms with Gasteiger partial charge in [-0.3, -0.25) is 14.5 Å². The van der Waals surface area contributed by atoms with Gasteiger partial charge in [0.2, 0.25) is 5.91 Å². The van der Waals surface area contributed by atoms with E-state index in [0.717, 1.165) is 18.4 Å². The standard InChI is InChI=1S/C20H19NO4/c1-24-15-6-2-4-13-18(15)25-16-7-3-5-14-19(23)21(11-12-8-9-12)17(22)10-20(13,14)16/h2-7,12,16H,8-11H2,1H3. The molecule has 1 aromatic rings. The summed E-state index contributed by atoms with van der Waals surface area (Å²) in [6, 6.07) is 5.67. The van der Waals surface area contributed by atoms with Crippen molar-refractivity contribution in [2.24, 2.45) is 5.92 Å². The van der Waals surface area contributed by atoms with E-state index in [9.17, 15) is 9.59 Å². The third-order valence-corrected chi connectivity index (χ3v) is 5.78. The van der Waals surface area contributed by atoms with E-state index in [-0.39, 0.29) is 24.3 Å². The summed E-state index contributed by atoms with van der Waals surface area (Å²) in [6.45, 7) is 0.547. The van der Waals surface area contributed by atoms with Gasteiger partial charge in [-0.2, -0.15) is 0 Å². The van der Waals surface area contributed by atoms with E-state index >= 15 is 0 Å². The van der Waals surface area contributed by atoms with Crippen molar-refractivity contribution in [1.29, 1.82) is 0 Å². The van der Waals surface area contributed by atoms with Gasteiger partial charge in [-0.1, -0.05) is 24.3 Å². The molecule has 0 radical (unpaired) electrons. The highest BCUT2D eigenvalue weighted by molar-refractivity contribution is 6.11. The molecule has 2 fully saturated rings. The molecule has 2 heterocycles.